The summed E-state index contributed by atoms with van der Waals surface area (Å²) >= 11 is 6.07. The van der Waals surface area contributed by atoms with E-state index in [9.17, 15) is 9.18 Å². The highest BCUT2D eigenvalue weighted by Crippen LogP contribution is 2.29. The van der Waals surface area contributed by atoms with Gasteiger partial charge in [0.05, 0.1) is 11.2 Å². The molecule has 0 aliphatic heterocycles. The van der Waals surface area contributed by atoms with Gasteiger partial charge in [0.15, 0.2) is 17.5 Å². The number of aromatic nitrogens is 4. The molecule has 3 aromatic heterocycles. The summed E-state index contributed by atoms with van der Waals surface area (Å²) in [5.74, 6) is 0.00519. The van der Waals surface area contributed by atoms with Gasteiger partial charge in [-0.2, -0.15) is 0 Å². The number of pyridine rings is 1. The van der Waals surface area contributed by atoms with Gasteiger partial charge < -0.3 is 20.5 Å². The second-order valence-corrected chi connectivity index (χ2v) is 8.13. The van der Waals surface area contributed by atoms with E-state index in [1.165, 1.54) is 4.90 Å². The van der Waals surface area contributed by atoms with E-state index in [0.29, 0.717) is 28.5 Å². The fourth-order valence-corrected chi connectivity index (χ4v) is 3.87. The Labute approximate surface area is 178 Å². The van der Waals surface area contributed by atoms with E-state index in [2.05, 4.69) is 30.6 Å². The Hall–Kier alpha value is -2.94. The van der Waals surface area contributed by atoms with E-state index in [1.54, 1.807) is 32.6 Å². The number of carbonyl (C=O) groups is 1. The van der Waals surface area contributed by atoms with Crippen molar-refractivity contribution < 1.29 is 9.18 Å². The average molecular weight is 432 g/mol. The number of amides is 2. The molecule has 3 N–H and O–H groups in total. The second-order valence-electron chi connectivity index (χ2n) is 7.69. The Balaban J connectivity index is 1.53. The number of hydrogen-bond donors (Lipinski definition) is 3. The molecule has 4 rings (SSSR count). The SMILES string of the molecule is CN(C)C(=O)NC1CCCC(Nc2nc(-c3c[nH]c4ncc(Cl)cc34)ncc2F)C1. The number of urea groups is 1. The Morgan fingerprint density at radius 3 is 2.87 bits per heavy atom. The Morgan fingerprint density at radius 2 is 2.07 bits per heavy atom. The molecule has 10 heteroatoms. The van der Waals surface area contributed by atoms with Gasteiger partial charge in [0.2, 0.25) is 0 Å². The molecule has 0 aromatic carbocycles. The molecule has 3 aromatic rings. The molecule has 0 saturated heterocycles. The van der Waals surface area contributed by atoms with Gasteiger partial charge in [-0.3, -0.25) is 0 Å². The number of carbonyl (C=O) groups excluding carboxylic acids is 1. The largest absolute Gasteiger partial charge is 0.365 e. The van der Waals surface area contributed by atoms with Crippen LogP contribution in [0, 0.1) is 5.82 Å². The summed E-state index contributed by atoms with van der Waals surface area (Å²) in [6.45, 7) is 0. The van der Waals surface area contributed by atoms with Crippen LogP contribution in [0.1, 0.15) is 25.7 Å². The van der Waals surface area contributed by atoms with Crippen molar-refractivity contribution in [2.24, 2.45) is 0 Å². The van der Waals surface area contributed by atoms with E-state index >= 15 is 0 Å². The van der Waals surface area contributed by atoms with Crippen LogP contribution in [0.2, 0.25) is 5.02 Å². The van der Waals surface area contributed by atoms with Gasteiger partial charge in [-0.15, -0.1) is 0 Å². The molecule has 0 spiro atoms. The topological polar surface area (TPSA) is 98.8 Å². The quantitative estimate of drug-likeness (QED) is 0.583. The molecule has 3 heterocycles. The highest BCUT2D eigenvalue weighted by Gasteiger charge is 2.25. The molecule has 1 saturated carbocycles. The van der Waals surface area contributed by atoms with Gasteiger partial charge in [-0.1, -0.05) is 11.6 Å². The predicted octanol–water partition coefficient (Wildman–Crippen LogP) is 3.81. The Bertz CT molecular complexity index is 1070. The van der Waals surface area contributed by atoms with Crippen molar-refractivity contribution in [2.45, 2.75) is 37.8 Å². The fraction of sp³-hybridized carbons (Fsp3) is 0.400. The minimum atomic E-state index is -0.519. The number of rotatable bonds is 4. The van der Waals surface area contributed by atoms with Crippen molar-refractivity contribution in [1.29, 1.82) is 0 Å². The summed E-state index contributed by atoms with van der Waals surface area (Å²) in [5.41, 5.74) is 1.35. The first-order chi connectivity index (χ1) is 14.4. The Kier molecular flexibility index (Phi) is 5.72. The number of nitrogens with one attached hydrogen (secondary N) is 3. The summed E-state index contributed by atoms with van der Waals surface area (Å²) in [7, 11) is 3.41. The number of halogens is 2. The lowest BCUT2D eigenvalue weighted by Crippen LogP contribution is -2.45. The summed E-state index contributed by atoms with van der Waals surface area (Å²) in [6, 6.07) is 1.69. The molecule has 0 radical (unpaired) electrons. The zero-order chi connectivity index (χ0) is 21.3. The summed E-state index contributed by atoms with van der Waals surface area (Å²) in [6.07, 6.45) is 7.86. The van der Waals surface area contributed by atoms with Crippen LogP contribution in [0.4, 0.5) is 15.0 Å². The van der Waals surface area contributed by atoms with Gasteiger partial charge in [-0.25, -0.2) is 24.1 Å². The third-order valence-corrected chi connectivity index (χ3v) is 5.44. The van der Waals surface area contributed by atoms with E-state index in [4.69, 9.17) is 11.6 Å². The number of aromatic amines is 1. The van der Waals surface area contributed by atoms with Crippen molar-refractivity contribution in [3.05, 3.63) is 35.5 Å². The molecule has 8 nitrogen and oxygen atoms in total. The smallest absolute Gasteiger partial charge is 0.317 e. The lowest BCUT2D eigenvalue weighted by atomic mass is 9.91. The second kappa shape index (κ2) is 8.43. The van der Waals surface area contributed by atoms with Crippen LogP contribution in [-0.2, 0) is 0 Å². The van der Waals surface area contributed by atoms with Gasteiger partial charge in [0, 0.05) is 49.5 Å². The molecular formula is C20H23ClFN7O. The molecule has 158 valence electrons. The van der Waals surface area contributed by atoms with Crippen LogP contribution in [0.25, 0.3) is 22.4 Å². The number of anilines is 1. The van der Waals surface area contributed by atoms with Gasteiger partial charge in [0.25, 0.3) is 0 Å². The first-order valence-corrected chi connectivity index (χ1v) is 10.2. The number of nitrogens with zero attached hydrogens (tertiary/aromatic N) is 4. The highest BCUT2D eigenvalue weighted by molar-refractivity contribution is 6.31. The first kappa shape index (κ1) is 20.3. The maximum atomic E-state index is 14.5. The van der Waals surface area contributed by atoms with Crippen LogP contribution in [0.15, 0.2) is 24.7 Å². The van der Waals surface area contributed by atoms with E-state index < -0.39 is 5.82 Å². The van der Waals surface area contributed by atoms with Gasteiger partial charge >= 0.3 is 6.03 Å². The zero-order valence-electron chi connectivity index (χ0n) is 16.7. The predicted molar refractivity (Wildman–Crippen MR) is 114 cm³/mol. The minimum absolute atomic E-state index is 0.00235. The van der Waals surface area contributed by atoms with Crippen molar-refractivity contribution >= 4 is 34.5 Å². The van der Waals surface area contributed by atoms with E-state index in [-0.39, 0.29) is 23.9 Å². The maximum Gasteiger partial charge on any atom is 0.317 e. The molecule has 1 aliphatic carbocycles. The summed E-state index contributed by atoms with van der Waals surface area (Å²) in [4.78, 5) is 29.3. The molecule has 2 atom stereocenters. The van der Waals surface area contributed by atoms with Crippen molar-refractivity contribution in [3.63, 3.8) is 0 Å². The van der Waals surface area contributed by atoms with Gasteiger partial charge in [-0.05, 0) is 31.7 Å². The molecule has 1 fully saturated rings. The van der Waals surface area contributed by atoms with E-state index in [0.717, 1.165) is 30.8 Å². The third-order valence-electron chi connectivity index (χ3n) is 5.23. The molecule has 2 unspecified atom stereocenters. The monoisotopic (exact) mass is 431 g/mol. The molecular weight excluding hydrogens is 409 g/mol. The van der Waals surface area contributed by atoms with Crippen LogP contribution < -0.4 is 10.6 Å². The highest BCUT2D eigenvalue weighted by atomic mass is 35.5. The van der Waals surface area contributed by atoms with Crippen molar-refractivity contribution in [3.8, 4) is 11.4 Å². The molecule has 2 amide bonds. The molecule has 1 aliphatic rings. The lowest BCUT2D eigenvalue weighted by Gasteiger charge is -2.31. The summed E-state index contributed by atoms with van der Waals surface area (Å²) in [5, 5.41) is 7.47. The fourth-order valence-electron chi connectivity index (χ4n) is 3.71. The number of fused-ring (bicyclic) bond motifs is 1. The van der Waals surface area contributed by atoms with Crippen LogP contribution >= 0.6 is 11.6 Å². The normalized spacial score (nSPS) is 18.9. The molecule has 30 heavy (non-hydrogen) atoms. The lowest BCUT2D eigenvalue weighted by molar-refractivity contribution is 0.208. The third kappa shape index (κ3) is 4.30. The van der Waals surface area contributed by atoms with Crippen molar-refractivity contribution in [1.82, 2.24) is 30.2 Å². The maximum absolute atomic E-state index is 14.5. The number of H-pyrrole nitrogens is 1. The van der Waals surface area contributed by atoms with Crippen LogP contribution in [0.5, 0.6) is 0 Å². The van der Waals surface area contributed by atoms with Crippen molar-refractivity contribution in [2.75, 3.05) is 19.4 Å². The van der Waals surface area contributed by atoms with E-state index in [1.807, 2.05) is 0 Å². The van der Waals surface area contributed by atoms with Gasteiger partial charge in [0.1, 0.15) is 5.65 Å². The van der Waals surface area contributed by atoms with Crippen LogP contribution in [-0.4, -0.2) is 57.0 Å². The zero-order valence-corrected chi connectivity index (χ0v) is 17.5. The Morgan fingerprint density at radius 1 is 1.27 bits per heavy atom. The summed E-state index contributed by atoms with van der Waals surface area (Å²) < 4.78 is 14.5. The average Bonchev–Trinajstić information content (AvgIpc) is 3.13. The first-order valence-electron chi connectivity index (χ1n) is 9.80. The minimum Gasteiger partial charge on any atom is -0.365 e. The standard InChI is InChI=1S/C20H23ClFN7O/c1-29(2)20(30)27-13-5-3-4-12(7-13)26-19-16(22)10-25-18(28-19)15-9-24-17-14(15)6-11(21)8-23-17/h6,8-10,12-13H,3-5,7H2,1-2H3,(H,23,24)(H,27,30)(H,25,26,28). The number of hydrogen-bond acceptors (Lipinski definition) is 5. The molecule has 0 bridgehead atoms. The van der Waals surface area contributed by atoms with Crippen LogP contribution in [0.3, 0.4) is 0 Å².